The molecule has 1 aromatic rings. The van der Waals surface area contributed by atoms with E-state index < -0.39 is 0 Å². The van der Waals surface area contributed by atoms with Crippen LogP contribution in [0.25, 0.3) is 0 Å². The van der Waals surface area contributed by atoms with Crippen molar-refractivity contribution in [2.24, 2.45) is 0 Å². The van der Waals surface area contributed by atoms with Gasteiger partial charge in [-0.3, -0.25) is 4.79 Å². The van der Waals surface area contributed by atoms with Crippen LogP contribution >= 0.6 is 0 Å². The van der Waals surface area contributed by atoms with Crippen LogP contribution in [-0.4, -0.2) is 17.5 Å². The average Bonchev–Trinajstić information content (AvgIpc) is 2.19. The van der Waals surface area contributed by atoms with Gasteiger partial charge in [0.05, 0.1) is 0 Å². The van der Waals surface area contributed by atoms with Crippen LogP contribution in [0.5, 0.6) is 0 Å². The molecule has 1 rings (SSSR count). The number of nitrogens with one attached hydrogen (secondary N) is 3. The molecule has 104 valence electrons. The van der Waals surface area contributed by atoms with Crippen LogP contribution in [0.4, 0.5) is 16.2 Å². The molecule has 0 atom stereocenters. The number of urea groups is 1. The molecule has 0 unspecified atom stereocenters. The first-order valence-corrected chi connectivity index (χ1v) is 6.15. The number of anilines is 2. The Bertz CT molecular complexity index is 490. The molecule has 0 saturated carbocycles. The Morgan fingerprint density at radius 3 is 2.26 bits per heavy atom. The highest BCUT2D eigenvalue weighted by Gasteiger charge is 2.14. The largest absolute Gasteiger partial charge is 0.333 e. The van der Waals surface area contributed by atoms with Crippen molar-refractivity contribution in [3.63, 3.8) is 0 Å². The molecule has 0 heterocycles. The normalized spacial score (nSPS) is 10.8. The van der Waals surface area contributed by atoms with Gasteiger partial charge in [-0.05, 0) is 45.4 Å². The zero-order chi connectivity index (χ0) is 14.6. The predicted molar refractivity (Wildman–Crippen MR) is 77.4 cm³/mol. The monoisotopic (exact) mass is 263 g/mol. The van der Waals surface area contributed by atoms with Crippen LogP contribution < -0.4 is 16.0 Å². The van der Waals surface area contributed by atoms with Crippen LogP contribution in [0.2, 0.25) is 0 Å². The molecule has 0 fully saturated rings. The lowest BCUT2D eigenvalue weighted by molar-refractivity contribution is -0.114. The van der Waals surface area contributed by atoms with Crippen molar-refractivity contribution in [2.75, 3.05) is 10.6 Å². The van der Waals surface area contributed by atoms with Crippen LogP contribution in [0.3, 0.4) is 0 Å². The summed E-state index contributed by atoms with van der Waals surface area (Å²) >= 11 is 0. The summed E-state index contributed by atoms with van der Waals surface area (Å²) in [5.41, 5.74) is 1.96. The van der Waals surface area contributed by atoms with E-state index in [1.807, 2.05) is 33.8 Å². The number of rotatable bonds is 2. The molecular formula is C14H21N3O2. The van der Waals surface area contributed by atoms with Gasteiger partial charge in [0, 0.05) is 23.8 Å². The Morgan fingerprint density at radius 2 is 1.74 bits per heavy atom. The molecule has 0 aliphatic carbocycles. The van der Waals surface area contributed by atoms with E-state index in [1.165, 1.54) is 6.92 Å². The summed E-state index contributed by atoms with van der Waals surface area (Å²) in [5, 5.41) is 8.28. The molecule has 1 aromatic carbocycles. The highest BCUT2D eigenvalue weighted by molar-refractivity contribution is 5.93. The topological polar surface area (TPSA) is 70.2 Å². The van der Waals surface area contributed by atoms with Gasteiger partial charge in [0.25, 0.3) is 0 Å². The third-order valence-corrected chi connectivity index (χ3v) is 2.29. The van der Waals surface area contributed by atoms with Gasteiger partial charge in [0.2, 0.25) is 5.91 Å². The molecule has 0 saturated heterocycles. The molecule has 3 amide bonds. The minimum absolute atomic E-state index is 0.144. The summed E-state index contributed by atoms with van der Waals surface area (Å²) in [7, 11) is 0. The van der Waals surface area contributed by atoms with Crippen molar-refractivity contribution in [1.29, 1.82) is 0 Å². The summed E-state index contributed by atoms with van der Waals surface area (Å²) in [4.78, 5) is 22.8. The number of benzene rings is 1. The highest BCUT2D eigenvalue weighted by atomic mass is 16.2. The van der Waals surface area contributed by atoms with E-state index >= 15 is 0 Å². The number of amides is 3. The molecule has 5 heteroatoms. The van der Waals surface area contributed by atoms with E-state index in [2.05, 4.69) is 16.0 Å². The molecule has 19 heavy (non-hydrogen) atoms. The minimum Gasteiger partial charge on any atom is -0.333 e. The van der Waals surface area contributed by atoms with Crippen LogP contribution in [0.1, 0.15) is 33.3 Å². The van der Waals surface area contributed by atoms with Crippen molar-refractivity contribution in [1.82, 2.24) is 5.32 Å². The number of aryl methyl sites for hydroxylation is 1. The van der Waals surface area contributed by atoms with Gasteiger partial charge in [-0.1, -0.05) is 6.07 Å². The van der Waals surface area contributed by atoms with E-state index in [4.69, 9.17) is 0 Å². The second-order valence-electron chi connectivity index (χ2n) is 5.54. The van der Waals surface area contributed by atoms with Gasteiger partial charge in [0.15, 0.2) is 0 Å². The number of hydrogen-bond acceptors (Lipinski definition) is 2. The summed E-state index contributed by atoms with van der Waals surface area (Å²) in [6.07, 6.45) is 0. The number of carbonyl (C=O) groups excluding carboxylic acids is 2. The van der Waals surface area contributed by atoms with E-state index in [1.54, 1.807) is 12.1 Å². The van der Waals surface area contributed by atoms with Gasteiger partial charge in [-0.15, -0.1) is 0 Å². The third kappa shape index (κ3) is 5.42. The Hall–Kier alpha value is -2.04. The molecule has 5 nitrogen and oxygen atoms in total. The smallest absolute Gasteiger partial charge is 0.319 e. The fourth-order valence-electron chi connectivity index (χ4n) is 1.53. The van der Waals surface area contributed by atoms with Crippen LogP contribution in [-0.2, 0) is 4.79 Å². The lowest BCUT2D eigenvalue weighted by Crippen LogP contribution is -2.43. The minimum atomic E-state index is -0.298. The molecule has 0 aliphatic rings. The Kier molecular flexibility index (Phi) is 4.53. The maximum absolute atomic E-state index is 11.8. The van der Waals surface area contributed by atoms with Gasteiger partial charge in [-0.2, -0.15) is 0 Å². The molecule has 0 spiro atoms. The second-order valence-corrected chi connectivity index (χ2v) is 5.54. The quantitative estimate of drug-likeness (QED) is 0.767. The van der Waals surface area contributed by atoms with Crippen LogP contribution in [0, 0.1) is 6.92 Å². The molecule has 3 N–H and O–H groups in total. The predicted octanol–water partition coefficient (Wildman–Crippen LogP) is 2.87. The first kappa shape index (κ1) is 15.0. The second kappa shape index (κ2) is 5.73. The summed E-state index contributed by atoms with van der Waals surface area (Å²) in [5.74, 6) is -0.144. The van der Waals surface area contributed by atoms with Crippen molar-refractivity contribution < 1.29 is 9.59 Å². The summed E-state index contributed by atoms with van der Waals surface area (Å²) in [6, 6.07) is 5.11. The first-order valence-electron chi connectivity index (χ1n) is 6.15. The van der Waals surface area contributed by atoms with Crippen LogP contribution in [0.15, 0.2) is 18.2 Å². The Morgan fingerprint density at radius 1 is 1.11 bits per heavy atom. The van der Waals surface area contributed by atoms with Gasteiger partial charge >= 0.3 is 6.03 Å². The van der Waals surface area contributed by atoms with E-state index in [9.17, 15) is 9.59 Å². The molecule has 0 bridgehead atoms. The van der Waals surface area contributed by atoms with Gasteiger partial charge in [0.1, 0.15) is 0 Å². The Balaban J connectivity index is 2.82. The lowest BCUT2D eigenvalue weighted by atomic mass is 10.1. The van der Waals surface area contributed by atoms with Crippen molar-refractivity contribution in [3.05, 3.63) is 23.8 Å². The van der Waals surface area contributed by atoms with Crippen molar-refractivity contribution in [2.45, 2.75) is 40.2 Å². The van der Waals surface area contributed by atoms with Crippen molar-refractivity contribution >= 4 is 23.3 Å². The zero-order valence-corrected chi connectivity index (χ0v) is 12.0. The molecular weight excluding hydrogens is 242 g/mol. The van der Waals surface area contributed by atoms with E-state index in [-0.39, 0.29) is 17.5 Å². The highest BCUT2D eigenvalue weighted by Crippen LogP contribution is 2.20. The first-order chi connectivity index (χ1) is 8.67. The Labute approximate surface area is 113 Å². The number of hydrogen-bond donors (Lipinski definition) is 3. The van der Waals surface area contributed by atoms with Gasteiger partial charge < -0.3 is 16.0 Å². The number of carbonyl (C=O) groups is 2. The molecule has 0 radical (unpaired) electrons. The molecule has 0 aliphatic heterocycles. The van der Waals surface area contributed by atoms with E-state index in [0.717, 1.165) is 5.56 Å². The maximum atomic E-state index is 11.8. The average molecular weight is 263 g/mol. The van der Waals surface area contributed by atoms with E-state index in [0.29, 0.717) is 11.4 Å². The maximum Gasteiger partial charge on any atom is 0.319 e. The summed E-state index contributed by atoms with van der Waals surface area (Å²) in [6.45, 7) is 9.07. The standard InChI is InChI=1S/C14H21N3O2/c1-9-6-7-11(15-10(2)18)8-12(9)16-13(19)17-14(3,4)5/h6-8H,1-5H3,(H,15,18)(H2,16,17,19). The fourth-order valence-corrected chi connectivity index (χ4v) is 1.53. The lowest BCUT2D eigenvalue weighted by Gasteiger charge is -2.21. The SMILES string of the molecule is CC(=O)Nc1ccc(C)c(NC(=O)NC(C)(C)C)c1. The van der Waals surface area contributed by atoms with Gasteiger partial charge in [-0.25, -0.2) is 4.79 Å². The summed E-state index contributed by atoms with van der Waals surface area (Å²) < 4.78 is 0. The fraction of sp³-hybridized carbons (Fsp3) is 0.429. The van der Waals surface area contributed by atoms with Crippen molar-refractivity contribution in [3.8, 4) is 0 Å². The third-order valence-electron chi connectivity index (χ3n) is 2.29. The molecule has 0 aromatic heterocycles. The zero-order valence-electron chi connectivity index (χ0n) is 12.0.